The van der Waals surface area contributed by atoms with Gasteiger partial charge in [0.2, 0.25) is 0 Å². The highest BCUT2D eigenvalue weighted by Crippen LogP contribution is 2.29. The van der Waals surface area contributed by atoms with Crippen LogP contribution in [0.5, 0.6) is 0 Å². The summed E-state index contributed by atoms with van der Waals surface area (Å²) in [5.41, 5.74) is 0.292. The van der Waals surface area contributed by atoms with E-state index in [9.17, 15) is 8.42 Å². The summed E-state index contributed by atoms with van der Waals surface area (Å²) in [5.74, 6) is 0. The zero-order valence-electron chi connectivity index (χ0n) is 9.43. The maximum absolute atomic E-state index is 12.2. The monoisotopic (exact) mass is 381 g/mol. The lowest BCUT2D eigenvalue weighted by Gasteiger charge is -2.09. The van der Waals surface area contributed by atoms with E-state index in [4.69, 9.17) is 16.7 Å². The number of aliphatic hydroxyl groups is 1. The first-order valence-corrected chi connectivity index (χ1v) is 8.62. The highest BCUT2D eigenvalue weighted by Gasteiger charge is 2.20. The van der Waals surface area contributed by atoms with Gasteiger partial charge in [-0.15, -0.1) is 11.3 Å². The maximum Gasteiger partial charge on any atom is 0.263 e. The summed E-state index contributed by atoms with van der Waals surface area (Å²) < 4.78 is 27.5. The molecule has 19 heavy (non-hydrogen) atoms. The standard InChI is InChI=1S/C11H9BrClNO3S2/c12-7-1-2-9(8(13)5-7)14-19(16,17)11-3-4-18-10(11)6-15/h1-5,14-15H,6H2. The van der Waals surface area contributed by atoms with Gasteiger partial charge in [0.05, 0.1) is 22.2 Å². The third kappa shape index (κ3) is 3.29. The van der Waals surface area contributed by atoms with E-state index in [1.165, 1.54) is 17.4 Å². The van der Waals surface area contributed by atoms with E-state index in [1.807, 2.05) is 0 Å². The molecule has 0 fully saturated rings. The van der Waals surface area contributed by atoms with Gasteiger partial charge in [0, 0.05) is 4.47 Å². The fourth-order valence-electron chi connectivity index (χ4n) is 1.46. The third-order valence-electron chi connectivity index (χ3n) is 2.31. The van der Waals surface area contributed by atoms with Gasteiger partial charge >= 0.3 is 0 Å². The lowest BCUT2D eigenvalue weighted by molar-refractivity contribution is 0.282. The highest BCUT2D eigenvalue weighted by atomic mass is 79.9. The number of anilines is 1. The molecule has 4 nitrogen and oxygen atoms in total. The lowest BCUT2D eigenvalue weighted by Crippen LogP contribution is -2.14. The van der Waals surface area contributed by atoms with Crippen LogP contribution < -0.4 is 4.72 Å². The number of hydrogen-bond acceptors (Lipinski definition) is 4. The van der Waals surface area contributed by atoms with Crippen LogP contribution >= 0.6 is 38.9 Å². The van der Waals surface area contributed by atoms with Crippen molar-refractivity contribution in [2.45, 2.75) is 11.5 Å². The minimum Gasteiger partial charge on any atom is -0.391 e. The topological polar surface area (TPSA) is 66.4 Å². The Bertz CT molecular complexity index is 700. The average Bonchev–Trinajstić information content (AvgIpc) is 2.82. The predicted molar refractivity (Wildman–Crippen MR) is 80.2 cm³/mol. The normalized spacial score (nSPS) is 11.5. The molecule has 1 aromatic carbocycles. The molecule has 2 N–H and O–H groups in total. The van der Waals surface area contributed by atoms with E-state index >= 15 is 0 Å². The first-order chi connectivity index (χ1) is 8.94. The van der Waals surface area contributed by atoms with Gasteiger partial charge in [-0.2, -0.15) is 0 Å². The smallest absolute Gasteiger partial charge is 0.263 e. The van der Waals surface area contributed by atoms with E-state index in [1.54, 1.807) is 23.6 Å². The summed E-state index contributed by atoms with van der Waals surface area (Å²) in [6.07, 6.45) is 0. The molecular formula is C11H9BrClNO3S2. The van der Waals surface area contributed by atoms with Crippen molar-refractivity contribution in [2.24, 2.45) is 0 Å². The molecule has 1 heterocycles. The Morgan fingerprint density at radius 3 is 2.74 bits per heavy atom. The quantitative estimate of drug-likeness (QED) is 0.851. The molecular weight excluding hydrogens is 374 g/mol. The Labute approximate surface area is 128 Å². The van der Waals surface area contributed by atoms with Crippen molar-refractivity contribution in [1.29, 1.82) is 0 Å². The number of hydrogen-bond donors (Lipinski definition) is 2. The Hall–Kier alpha value is -0.600. The number of thiophene rings is 1. The van der Waals surface area contributed by atoms with Crippen molar-refractivity contribution < 1.29 is 13.5 Å². The lowest BCUT2D eigenvalue weighted by atomic mass is 10.3. The number of rotatable bonds is 4. The van der Waals surface area contributed by atoms with E-state index in [0.29, 0.717) is 15.6 Å². The van der Waals surface area contributed by atoms with Gasteiger partial charge in [0.1, 0.15) is 4.90 Å². The van der Waals surface area contributed by atoms with E-state index in [2.05, 4.69) is 20.7 Å². The summed E-state index contributed by atoms with van der Waals surface area (Å²) >= 11 is 10.4. The van der Waals surface area contributed by atoms with Crippen LogP contribution in [0.2, 0.25) is 5.02 Å². The van der Waals surface area contributed by atoms with Crippen molar-refractivity contribution in [3.8, 4) is 0 Å². The molecule has 0 aliphatic heterocycles. The van der Waals surface area contributed by atoms with Crippen LogP contribution in [0.4, 0.5) is 5.69 Å². The summed E-state index contributed by atoms with van der Waals surface area (Å²) in [7, 11) is -3.75. The molecule has 0 spiro atoms. The van der Waals surface area contributed by atoms with Gasteiger partial charge in [0.15, 0.2) is 0 Å². The van der Waals surface area contributed by atoms with E-state index in [-0.39, 0.29) is 11.5 Å². The summed E-state index contributed by atoms with van der Waals surface area (Å²) in [6, 6.07) is 6.30. The molecule has 2 rings (SSSR count). The molecule has 0 atom stereocenters. The molecule has 0 saturated heterocycles. The third-order valence-corrected chi connectivity index (χ3v) is 5.60. The molecule has 0 radical (unpaired) electrons. The Morgan fingerprint density at radius 1 is 1.37 bits per heavy atom. The van der Waals surface area contributed by atoms with Crippen molar-refractivity contribution >= 4 is 54.6 Å². The largest absolute Gasteiger partial charge is 0.391 e. The number of nitrogens with one attached hydrogen (secondary N) is 1. The SMILES string of the molecule is O=S(=O)(Nc1ccc(Br)cc1Cl)c1ccsc1CO. The van der Waals surface area contributed by atoms with Gasteiger partial charge in [-0.25, -0.2) is 8.42 Å². The van der Waals surface area contributed by atoms with Crippen LogP contribution in [-0.4, -0.2) is 13.5 Å². The average molecular weight is 383 g/mol. The minimum absolute atomic E-state index is 0.0685. The highest BCUT2D eigenvalue weighted by molar-refractivity contribution is 9.10. The van der Waals surface area contributed by atoms with Crippen molar-refractivity contribution in [1.82, 2.24) is 0 Å². The first-order valence-electron chi connectivity index (χ1n) is 5.09. The van der Waals surface area contributed by atoms with Crippen LogP contribution in [0.1, 0.15) is 4.88 Å². The van der Waals surface area contributed by atoms with Crippen molar-refractivity contribution in [3.05, 3.63) is 44.0 Å². The fourth-order valence-corrected chi connectivity index (χ4v) is 4.61. The molecule has 0 saturated carbocycles. The molecule has 0 unspecified atom stereocenters. The maximum atomic E-state index is 12.2. The minimum atomic E-state index is -3.75. The van der Waals surface area contributed by atoms with Crippen LogP contribution in [0.15, 0.2) is 39.0 Å². The summed E-state index contributed by atoms with van der Waals surface area (Å²) in [5, 5.41) is 11.0. The Balaban J connectivity index is 2.37. The number of sulfonamides is 1. The van der Waals surface area contributed by atoms with E-state index < -0.39 is 10.0 Å². The molecule has 1 aromatic heterocycles. The molecule has 0 bridgehead atoms. The van der Waals surface area contributed by atoms with Crippen molar-refractivity contribution in [3.63, 3.8) is 0 Å². The summed E-state index contributed by atoms with van der Waals surface area (Å²) in [6.45, 7) is -0.317. The Kier molecular flexibility index (Phi) is 4.52. The fraction of sp³-hybridized carbons (Fsp3) is 0.0909. The second kappa shape index (κ2) is 5.80. The number of benzene rings is 1. The van der Waals surface area contributed by atoms with Gasteiger partial charge < -0.3 is 5.11 Å². The molecule has 8 heteroatoms. The Morgan fingerprint density at radius 2 is 2.11 bits per heavy atom. The van der Waals surface area contributed by atoms with Crippen LogP contribution in [-0.2, 0) is 16.6 Å². The number of halogens is 2. The first kappa shape index (κ1) is 14.8. The van der Waals surface area contributed by atoms with Crippen LogP contribution in [0, 0.1) is 0 Å². The molecule has 102 valence electrons. The molecule has 2 aromatic rings. The van der Waals surface area contributed by atoms with E-state index in [0.717, 1.165) is 4.47 Å². The van der Waals surface area contributed by atoms with Crippen LogP contribution in [0.3, 0.4) is 0 Å². The van der Waals surface area contributed by atoms with Gasteiger partial charge in [0.25, 0.3) is 10.0 Å². The zero-order chi connectivity index (χ0) is 14.0. The second-order valence-corrected chi connectivity index (χ2v) is 7.57. The molecule has 0 aliphatic carbocycles. The van der Waals surface area contributed by atoms with Gasteiger partial charge in [-0.1, -0.05) is 27.5 Å². The summed E-state index contributed by atoms with van der Waals surface area (Å²) in [4.78, 5) is 0.458. The zero-order valence-corrected chi connectivity index (χ0v) is 13.4. The second-order valence-electron chi connectivity index (χ2n) is 3.60. The van der Waals surface area contributed by atoms with Gasteiger partial charge in [-0.3, -0.25) is 4.72 Å². The molecule has 0 aliphatic rings. The van der Waals surface area contributed by atoms with Crippen LogP contribution in [0.25, 0.3) is 0 Å². The van der Waals surface area contributed by atoms with Crippen molar-refractivity contribution in [2.75, 3.05) is 4.72 Å². The molecule has 0 amide bonds. The van der Waals surface area contributed by atoms with Gasteiger partial charge in [-0.05, 0) is 29.6 Å². The number of aliphatic hydroxyl groups excluding tert-OH is 1. The predicted octanol–water partition coefficient (Wildman–Crippen LogP) is 3.46.